The Morgan fingerprint density at radius 3 is 2.28 bits per heavy atom. The fraction of sp³-hybridized carbons (Fsp3) is 0.292. The Balaban J connectivity index is 1.85. The van der Waals surface area contributed by atoms with Gasteiger partial charge in [-0.25, -0.2) is 18.8 Å². The van der Waals surface area contributed by atoms with Crippen molar-refractivity contribution < 1.29 is 28.2 Å². The average Bonchev–Trinajstić information content (AvgIpc) is 2.74. The largest absolute Gasteiger partial charge is 0.459 e. The van der Waals surface area contributed by atoms with Crippen molar-refractivity contribution in [2.24, 2.45) is 0 Å². The minimum Gasteiger partial charge on any atom is -0.459 e. The first-order chi connectivity index (χ1) is 15.3. The highest BCUT2D eigenvalue weighted by Crippen LogP contribution is 2.31. The molecule has 7 nitrogen and oxygen atoms in total. The average molecular weight is 440 g/mol. The number of carbonyl (C=O) groups is 3. The van der Waals surface area contributed by atoms with Crippen LogP contribution in [0.1, 0.15) is 55.6 Å². The number of hydrogen-bond acceptors (Lipinski definition) is 5. The summed E-state index contributed by atoms with van der Waals surface area (Å²) in [6, 6.07) is 10.4. The standard InChI is InChI=1S/C24H25FN2O5/c1-4-5-19-20(23(29)31-14(2)3)21(27-24(30)26-19)15-8-12-18(13-9-15)32-22(28)16-6-10-17(25)11-7-16/h6-14,21H,4-5H2,1-3H3,(H2,26,27,30). The normalized spacial score (nSPS) is 15.8. The molecule has 0 aromatic heterocycles. The molecule has 1 aliphatic heterocycles. The lowest BCUT2D eigenvalue weighted by Gasteiger charge is -2.30. The summed E-state index contributed by atoms with van der Waals surface area (Å²) < 4.78 is 23.8. The van der Waals surface area contributed by atoms with Gasteiger partial charge >= 0.3 is 18.0 Å². The molecule has 2 aromatic rings. The van der Waals surface area contributed by atoms with Crippen LogP contribution in [0.2, 0.25) is 0 Å². The van der Waals surface area contributed by atoms with Crippen LogP contribution >= 0.6 is 0 Å². The molecule has 0 aliphatic carbocycles. The summed E-state index contributed by atoms with van der Waals surface area (Å²) in [6.07, 6.45) is 0.934. The number of urea groups is 1. The molecule has 168 valence electrons. The van der Waals surface area contributed by atoms with E-state index in [0.717, 1.165) is 6.42 Å². The Bertz CT molecular complexity index is 1030. The Labute approximate surface area is 185 Å². The molecule has 1 atom stereocenters. The summed E-state index contributed by atoms with van der Waals surface area (Å²) in [5.74, 6) is -1.31. The second kappa shape index (κ2) is 10.1. The van der Waals surface area contributed by atoms with Crippen LogP contribution in [-0.4, -0.2) is 24.1 Å². The van der Waals surface area contributed by atoms with Crippen LogP contribution in [0.4, 0.5) is 9.18 Å². The lowest BCUT2D eigenvalue weighted by atomic mass is 9.93. The third-order valence-electron chi connectivity index (χ3n) is 4.72. The number of rotatable bonds is 7. The van der Waals surface area contributed by atoms with E-state index < -0.39 is 29.8 Å². The number of esters is 2. The van der Waals surface area contributed by atoms with E-state index >= 15 is 0 Å². The molecule has 0 spiro atoms. The van der Waals surface area contributed by atoms with Gasteiger partial charge in [0.1, 0.15) is 11.6 Å². The van der Waals surface area contributed by atoms with Crippen molar-refractivity contribution in [3.8, 4) is 5.75 Å². The van der Waals surface area contributed by atoms with Crippen molar-refractivity contribution in [2.75, 3.05) is 0 Å². The molecule has 1 aliphatic rings. The minimum atomic E-state index is -0.710. The number of ether oxygens (including phenoxy) is 2. The maximum Gasteiger partial charge on any atom is 0.343 e. The molecule has 1 unspecified atom stereocenters. The first-order valence-corrected chi connectivity index (χ1v) is 10.4. The van der Waals surface area contributed by atoms with Gasteiger partial charge in [-0.05, 0) is 62.2 Å². The molecular weight excluding hydrogens is 415 g/mol. The summed E-state index contributed by atoms with van der Waals surface area (Å²) >= 11 is 0. The number of amides is 2. The summed E-state index contributed by atoms with van der Waals surface area (Å²) in [4.78, 5) is 37.3. The maximum atomic E-state index is 13.0. The zero-order valence-electron chi connectivity index (χ0n) is 18.1. The second-order valence-electron chi connectivity index (χ2n) is 7.59. The van der Waals surface area contributed by atoms with Gasteiger partial charge in [0.05, 0.1) is 23.3 Å². The van der Waals surface area contributed by atoms with Crippen LogP contribution in [-0.2, 0) is 9.53 Å². The molecular formula is C24H25FN2O5. The lowest BCUT2D eigenvalue weighted by Crippen LogP contribution is -2.46. The van der Waals surface area contributed by atoms with E-state index in [0.29, 0.717) is 23.3 Å². The molecule has 0 fully saturated rings. The molecule has 2 aromatic carbocycles. The van der Waals surface area contributed by atoms with Gasteiger partial charge in [0, 0.05) is 5.70 Å². The quantitative estimate of drug-likeness (QED) is 0.492. The van der Waals surface area contributed by atoms with Crippen molar-refractivity contribution in [3.63, 3.8) is 0 Å². The highest BCUT2D eigenvalue weighted by atomic mass is 19.1. The monoisotopic (exact) mass is 440 g/mol. The van der Waals surface area contributed by atoms with Crippen molar-refractivity contribution in [2.45, 2.75) is 45.8 Å². The highest BCUT2D eigenvalue weighted by molar-refractivity contribution is 5.95. The minimum absolute atomic E-state index is 0.215. The van der Waals surface area contributed by atoms with E-state index in [-0.39, 0.29) is 17.4 Å². The third kappa shape index (κ3) is 5.51. The first kappa shape index (κ1) is 23.0. The Kier molecular flexibility index (Phi) is 7.25. The fourth-order valence-electron chi connectivity index (χ4n) is 3.31. The highest BCUT2D eigenvalue weighted by Gasteiger charge is 2.33. The summed E-state index contributed by atoms with van der Waals surface area (Å²) in [5, 5.41) is 5.48. The lowest BCUT2D eigenvalue weighted by molar-refractivity contribution is -0.143. The first-order valence-electron chi connectivity index (χ1n) is 10.4. The predicted molar refractivity (Wildman–Crippen MR) is 115 cm³/mol. The van der Waals surface area contributed by atoms with Crippen molar-refractivity contribution in [1.29, 1.82) is 0 Å². The molecule has 0 saturated heterocycles. The van der Waals surface area contributed by atoms with Crippen LogP contribution in [0, 0.1) is 5.82 Å². The smallest absolute Gasteiger partial charge is 0.343 e. The van der Waals surface area contributed by atoms with Gasteiger partial charge in [-0.3, -0.25) is 0 Å². The number of hydrogen-bond donors (Lipinski definition) is 2. The Morgan fingerprint density at radius 1 is 1.03 bits per heavy atom. The number of benzene rings is 2. The van der Waals surface area contributed by atoms with Gasteiger partial charge in [-0.15, -0.1) is 0 Å². The summed E-state index contributed by atoms with van der Waals surface area (Å²) in [6.45, 7) is 5.46. The van der Waals surface area contributed by atoms with E-state index in [1.165, 1.54) is 24.3 Å². The zero-order chi connectivity index (χ0) is 23.3. The summed E-state index contributed by atoms with van der Waals surface area (Å²) in [5.41, 5.74) is 1.72. The van der Waals surface area contributed by atoms with Crippen molar-refractivity contribution >= 4 is 18.0 Å². The maximum absolute atomic E-state index is 13.0. The topological polar surface area (TPSA) is 93.7 Å². The number of nitrogens with one attached hydrogen (secondary N) is 2. The molecule has 0 bridgehead atoms. The Hall–Kier alpha value is -3.68. The fourth-order valence-corrected chi connectivity index (χ4v) is 3.31. The predicted octanol–water partition coefficient (Wildman–Crippen LogP) is 4.40. The van der Waals surface area contributed by atoms with E-state index in [4.69, 9.17) is 9.47 Å². The molecule has 2 amide bonds. The van der Waals surface area contributed by atoms with Crippen LogP contribution in [0.25, 0.3) is 0 Å². The van der Waals surface area contributed by atoms with Gasteiger partial charge in [0.15, 0.2) is 0 Å². The van der Waals surface area contributed by atoms with Crippen LogP contribution in [0.5, 0.6) is 5.75 Å². The van der Waals surface area contributed by atoms with Gasteiger partial charge < -0.3 is 20.1 Å². The molecule has 2 N–H and O–H groups in total. The molecule has 0 radical (unpaired) electrons. The SMILES string of the molecule is CCCC1=C(C(=O)OC(C)C)C(c2ccc(OC(=O)c3ccc(F)cc3)cc2)NC(=O)N1. The van der Waals surface area contributed by atoms with E-state index in [9.17, 15) is 18.8 Å². The van der Waals surface area contributed by atoms with Crippen molar-refractivity contribution in [1.82, 2.24) is 10.6 Å². The van der Waals surface area contributed by atoms with E-state index in [2.05, 4.69) is 10.6 Å². The van der Waals surface area contributed by atoms with Gasteiger partial charge in [0.25, 0.3) is 0 Å². The second-order valence-corrected chi connectivity index (χ2v) is 7.59. The molecule has 3 rings (SSSR count). The molecule has 0 saturated carbocycles. The number of allylic oxidation sites excluding steroid dienone is 1. The Morgan fingerprint density at radius 2 is 1.69 bits per heavy atom. The molecule has 1 heterocycles. The molecule has 32 heavy (non-hydrogen) atoms. The third-order valence-corrected chi connectivity index (χ3v) is 4.72. The van der Waals surface area contributed by atoms with Crippen molar-refractivity contribution in [3.05, 3.63) is 76.7 Å². The zero-order valence-corrected chi connectivity index (χ0v) is 18.1. The summed E-state index contributed by atoms with van der Waals surface area (Å²) in [7, 11) is 0. The number of carbonyl (C=O) groups excluding carboxylic acids is 3. The van der Waals surface area contributed by atoms with Crippen LogP contribution < -0.4 is 15.4 Å². The van der Waals surface area contributed by atoms with Crippen LogP contribution in [0.3, 0.4) is 0 Å². The number of halogens is 1. The van der Waals surface area contributed by atoms with Crippen LogP contribution in [0.15, 0.2) is 59.8 Å². The molecule has 8 heteroatoms. The van der Waals surface area contributed by atoms with Gasteiger partial charge in [-0.1, -0.05) is 25.5 Å². The van der Waals surface area contributed by atoms with E-state index in [1.807, 2.05) is 6.92 Å². The van der Waals surface area contributed by atoms with Gasteiger partial charge in [-0.2, -0.15) is 0 Å². The van der Waals surface area contributed by atoms with Gasteiger partial charge in [0.2, 0.25) is 0 Å². The van der Waals surface area contributed by atoms with E-state index in [1.54, 1.807) is 38.1 Å².